The van der Waals surface area contributed by atoms with Crippen molar-refractivity contribution < 1.29 is 16.6 Å². The summed E-state index contributed by atoms with van der Waals surface area (Å²) in [6, 6.07) is 1.36. The van der Waals surface area contributed by atoms with Gasteiger partial charge in [0.2, 0.25) is 0 Å². The Kier molecular flexibility index (Phi) is 4.69. The fourth-order valence-electron chi connectivity index (χ4n) is 1.27. The number of rotatable bonds is 2. The molecule has 0 amide bonds. The molecule has 0 atom stereocenters. The molecule has 0 saturated carbocycles. The van der Waals surface area contributed by atoms with Crippen molar-refractivity contribution in [1.29, 1.82) is 0 Å². The second kappa shape index (κ2) is 4.97. The predicted octanol–water partition coefficient (Wildman–Crippen LogP) is -3.65. The van der Waals surface area contributed by atoms with Crippen LogP contribution in [0.25, 0.3) is 0 Å². The van der Waals surface area contributed by atoms with Crippen molar-refractivity contribution in [3.63, 3.8) is 0 Å². The monoisotopic (exact) mass is 266 g/mol. The molecule has 0 aromatic carbocycles. The molecule has 1 aromatic heterocycles. The van der Waals surface area contributed by atoms with Crippen molar-refractivity contribution >= 4 is 9.93 Å². The number of halogens is 1. The highest BCUT2D eigenvalue weighted by Gasteiger charge is 2.17. The first-order chi connectivity index (χ1) is 6.72. The van der Waals surface area contributed by atoms with Crippen LogP contribution in [0.3, 0.4) is 0 Å². The van der Waals surface area contributed by atoms with Crippen molar-refractivity contribution in [2.24, 2.45) is 14.1 Å². The minimum atomic E-state index is -2.00. The molecule has 7 heteroatoms. The summed E-state index contributed by atoms with van der Waals surface area (Å²) in [5.74, 6) is 0.245. The Labute approximate surface area is 101 Å². The molecule has 1 heterocycles. The molecule has 0 unspecified atom stereocenters. The highest BCUT2D eigenvalue weighted by atomic mass is 35.5. The maximum Gasteiger partial charge on any atom is 0.330 e. The molecule has 0 aliphatic carbocycles. The Balaban J connectivity index is 0.00000225. The number of nitrogens with zero attached hydrogens (tertiary/aromatic N) is 2. The van der Waals surface area contributed by atoms with Crippen LogP contribution in [-0.4, -0.2) is 21.6 Å². The lowest BCUT2D eigenvalue weighted by Gasteiger charge is -2.08. The second-order valence-corrected chi connectivity index (χ2v) is 7.12. The van der Waals surface area contributed by atoms with Crippen molar-refractivity contribution in [2.45, 2.75) is 5.75 Å². The van der Waals surface area contributed by atoms with Gasteiger partial charge in [-0.25, -0.2) is 4.79 Å². The molecule has 0 radical (unpaired) electrons. The van der Waals surface area contributed by atoms with E-state index in [1.54, 1.807) is 19.6 Å². The summed E-state index contributed by atoms with van der Waals surface area (Å²) >= 11 is 0. The molecule has 1 aromatic rings. The van der Waals surface area contributed by atoms with Gasteiger partial charge in [0.15, 0.2) is 5.75 Å². The standard InChI is InChI=1S/C9H15N2O3S.ClH/c1-10-7(6-15(3,4)14)5-8(12)11(2)9(10)13;/h5H,6H2,1-4H3;1H/q+1;/p-1. The van der Waals surface area contributed by atoms with Gasteiger partial charge in [-0.1, -0.05) is 0 Å². The quantitative estimate of drug-likeness (QED) is 0.519. The van der Waals surface area contributed by atoms with E-state index >= 15 is 0 Å². The zero-order valence-electron chi connectivity index (χ0n) is 9.69. The lowest BCUT2D eigenvalue weighted by atomic mass is 10.4. The summed E-state index contributed by atoms with van der Waals surface area (Å²) < 4.78 is 14.0. The maximum absolute atomic E-state index is 11.6. The van der Waals surface area contributed by atoms with Gasteiger partial charge >= 0.3 is 5.69 Å². The van der Waals surface area contributed by atoms with E-state index in [2.05, 4.69) is 0 Å². The Morgan fingerprint density at radius 1 is 1.19 bits per heavy atom. The number of aromatic nitrogens is 2. The first-order valence-electron chi connectivity index (χ1n) is 4.40. The van der Waals surface area contributed by atoms with Crippen LogP contribution in [-0.2, 0) is 34.0 Å². The van der Waals surface area contributed by atoms with Gasteiger partial charge in [-0.15, -0.1) is 4.21 Å². The Hall–Kier alpha value is -0.880. The average Bonchev–Trinajstić information content (AvgIpc) is 2.08. The Bertz CT molecular complexity index is 541. The minimum absolute atomic E-state index is 0. The summed E-state index contributed by atoms with van der Waals surface area (Å²) in [6.45, 7) is 0. The normalized spacial score (nSPS) is 11.0. The Morgan fingerprint density at radius 2 is 1.69 bits per heavy atom. The van der Waals surface area contributed by atoms with Crippen LogP contribution in [0.5, 0.6) is 0 Å². The molecule has 1 rings (SSSR count). The van der Waals surface area contributed by atoms with E-state index in [4.69, 9.17) is 0 Å². The topological polar surface area (TPSA) is 61.1 Å². The van der Waals surface area contributed by atoms with Gasteiger partial charge in [-0.3, -0.25) is 13.9 Å². The van der Waals surface area contributed by atoms with Crippen molar-refractivity contribution in [2.75, 3.05) is 12.5 Å². The van der Waals surface area contributed by atoms with Gasteiger partial charge in [0, 0.05) is 20.2 Å². The summed E-state index contributed by atoms with van der Waals surface area (Å²) in [6.07, 6.45) is 3.21. The van der Waals surface area contributed by atoms with Crippen molar-refractivity contribution in [1.82, 2.24) is 9.13 Å². The highest BCUT2D eigenvalue weighted by Crippen LogP contribution is 2.04. The highest BCUT2D eigenvalue weighted by molar-refractivity contribution is 8.00. The van der Waals surface area contributed by atoms with E-state index in [0.717, 1.165) is 4.57 Å². The van der Waals surface area contributed by atoms with E-state index in [1.807, 2.05) is 0 Å². The third kappa shape index (κ3) is 3.31. The van der Waals surface area contributed by atoms with Crippen molar-refractivity contribution in [3.05, 3.63) is 32.6 Å². The van der Waals surface area contributed by atoms with Crippen LogP contribution < -0.4 is 23.7 Å². The number of hydrogen-bond acceptors (Lipinski definition) is 3. The van der Waals surface area contributed by atoms with Crippen LogP contribution in [0.1, 0.15) is 5.69 Å². The summed E-state index contributed by atoms with van der Waals surface area (Å²) in [5.41, 5.74) is -0.240. The molecular weight excluding hydrogens is 252 g/mol. The molecule has 0 bridgehead atoms. The van der Waals surface area contributed by atoms with Crippen LogP contribution in [0.4, 0.5) is 0 Å². The first-order valence-corrected chi connectivity index (χ1v) is 6.94. The average molecular weight is 267 g/mol. The number of hydrogen-bond donors (Lipinski definition) is 0. The largest absolute Gasteiger partial charge is 1.00 e. The van der Waals surface area contributed by atoms with Crippen LogP contribution in [0.2, 0.25) is 0 Å². The molecule has 0 aliphatic heterocycles. The van der Waals surface area contributed by atoms with E-state index in [1.165, 1.54) is 17.7 Å². The van der Waals surface area contributed by atoms with Crippen LogP contribution in [0, 0.1) is 0 Å². The summed E-state index contributed by atoms with van der Waals surface area (Å²) in [5, 5.41) is 0. The molecule has 5 nitrogen and oxygen atoms in total. The zero-order chi connectivity index (χ0) is 11.8. The molecule has 0 spiro atoms. The summed E-state index contributed by atoms with van der Waals surface area (Å²) in [7, 11) is 0.988. The zero-order valence-corrected chi connectivity index (χ0v) is 11.3. The van der Waals surface area contributed by atoms with Gasteiger partial charge in [0.25, 0.3) is 5.56 Å². The predicted molar refractivity (Wildman–Crippen MR) is 60.5 cm³/mol. The Morgan fingerprint density at radius 3 is 2.12 bits per heavy atom. The van der Waals surface area contributed by atoms with Gasteiger partial charge in [0.1, 0.15) is 12.5 Å². The molecule has 0 N–H and O–H groups in total. The lowest BCUT2D eigenvalue weighted by Crippen LogP contribution is -3.00. The third-order valence-corrected chi connectivity index (χ3v) is 3.11. The first kappa shape index (κ1) is 15.1. The molecule has 0 aliphatic rings. The van der Waals surface area contributed by atoms with Crippen LogP contribution >= 0.6 is 0 Å². The molecular formula is C9H15ClN2O3S. The molecule has 0 saturated heterocycles. The van der Waals surface area contributed by atoms with E-state index in [9.17, 15) is 13.8 Å². The SMILES string of the molecule is Cn1c(C[S+](C)(C)=O)cc(=O)n(C)c1=O.[Cl-]. The fourth-order valence-corrected chi connectivity index (χ4v) is 2.26. The summed E-state index contributed by atoms with van der Waals surface area (Å²) in [4.78, 5) is 22.9. The van der Waals surface area contributed by atoms with Crippen molar-refractivity contribution in [3.8, 4) is 0 Å². The minimum Gasteiger partial charge on any atom is -1.00 e. The fraction of sp³-hybridized carbons (Fsp3) is 0.556. The van der Waals surface area contributed by atoms with E-state index in [-0.39, 0.29) is 29.4 Å². The smallest absolute Gasteiger partial charge is 0.330 e. The van der Waals surface area contributed by atoms with Crippen LogP contribution in [0.15, 0.2) is 15.7 Å². The molecule has 92 valence electrons. The molecule has 0 fully saturated rings. The molecule has 16 heavy (non-hydrogen) atoms. The van der Waals surface area contributed by atoms with Gasteiger partial charge in [-0.2, -0.15) is 0 Å². The van der Waals surface area contributed by atoms with Gasteiger partial charge in [0.05, 0.1) is 15.6 Å². The lowest BCUT2D eigenvalue weighted by molar-refractivity contribution is -0.00000502. The van der Waals surface area contributed by atoms with E-state index < -0.39 is 9.93 Å². The maximum atomic E-state index is 11.6. The third-order valence-electron chi connectivity index (χ3n) is 2.12. The van der Waals surface area contributed by atoms with Gasteiger partial charge < -0.3 is 12.4 Å². The van der Waals surface area contributed by atoms with E-state index in [0.29, 0.717) is 5.69 Å². The second-order valence-electron chi connectivity index (χ2n) is 3.96. The van der Waals surface area contributed by atoms with Gasteiger partial charge in [-0.05, 0) is 0 Å².